The van der Waals surface area contributed by atoms with Crippen molar-refractivity contribution in [1.29, 1.82) is 0 Å². The summed E-state index contributed by atoms with van der Waals surface area (Å²) in [6.07, 6.45) is 11.8. The topological polar surface area (TPSA) is 26.3 Å². The lowest BCUT2D eigenvalue weighted by molar-refractivity contribution is -0.124. The highest BCUT2D eigenvalue weighted by Crippen LogP contribution is 2.67. The zero-order valence-corrected chi connectivity index (χ0v) is 14.9. The molecule has 0 spiro atoms. The Bertz CT molecular complexity index is 524. The Balaban J connectivity index is 1.57. The molecule has 0 heterocycles. The summed E-state index contributed by atoms with van der Waals surface area (Å²) in [4.78, 5) is 12.6. The molecule has 0 radical (unpaired) electrons. The maximum Gasteiger partial charge on any atom is 0.200 e. The first-order chi connectivity index (χ1) is 10.5. The van der Waals surface area contributed by atoms with Gasteiger partial charge in [-0.15, -0.1) is 0 Å². The van der Waals surface area contributed by atoms with Crippen LogP contribution in [0, 0.1) is 28.6 Å². The van der Waals surface area contributed by atoms with Crippen LogP contribution in [0.5, 0.6) is 0 Å². The zero-order valence-electron chi connectivity index (χ0n) is 14.1. The van der Waals surface area contributed by atoms with Gasteiger partial charge in [0.15, 0.2) is 5.76 Å². The van der Waals surface area contributed by atoms with Crippen molar-refractivity contribution in [3.8, 4) is 0 Å². The molecule has 4 aliphatic carbocycles. The summed E-state index contributed by atoms with van der Waals surface area (Å²) < 4.78 is 6.44. The van der Waals surface area contributed by atoms with E-state index >= 15 is 0 Å². The van der Waals surface area contributed by atoms with Gasteiger partial charge in [0.2, 0.25) is 5.78 Å². The lowest BCUT2D eigenvalue weighted by atomic mass is 9.69. The van der Waals surface area contributed by atoms with E-state index in [1.807, 2.05) is 11.8 Å². The van der Waals surface area contributed by atoms with Gasteiger partial charge in [0.1, 0.15) is 6.10 Å². The number of allylic oxidation sites excluding steroid dienone is 2. The second-order valence-corrected chi connectivity index (χ2v) is 9.35. The number of hydrogen-bond acceptors (Lipinski definition) is 3. The molecule has 122 valence electrons. The Kier molecular flexibility index (Phi) is 3.45. The summed E-state index contributed by atoms with van der Waals surface area (Å²) in [5, 5.41) is 0. The molecule has 0 aromatic carbocycles. The van der Waals surface area contributed by atoms with Crippen LogP contribution in [0.3, 0.4) is 0 Å². The number of carbonyl (C=O) groups is 1. The van der Waals surface area contributed by atoms with E-state index in [1.165, 1.54) is 25.7 Å². The molecule has 2 unspecified atom stereocenters. The minimum Gasteiger partial charge on any atom is -0.486 e. The Labute approximate surface area is 138 Å². The van der Waals surface area contributed by atoms with Gasteiger partial charge in [-0.1, -0.05) is 20.3 Å². The Morgan fingerprint density at radius 2 is 2.14 bits per heavy atom. The van der Waals surface area contributed by atoms with Crippen molar-refractivity contribution < 1.29 is 9.53 Å². The highest BCUT2D eigenvalue weighted by atomic mass is 32.2. The molecule has 0 amide bonds. The average molecular weight is 320 g/mol. The van der Waals surface area contributed by atoms with Crippen molar-refractivity contribution in [1.82, 2.24) is 0 Å². The Hall–Kier alpha value is -0.440. The lowest BCUT2D eigenvalue weighted by Gasteiger charge is -2.42. The van der Waals surface area contributed by atoms with Gasteiger partial charge in [-0.05, 0) is 61.7 Å². The molecule has 3 fully saturated rings. The van der Waals surface area contributed by atoms with Crippen molar-refractivity contribution >= 4 is 17.5 Å². The molecule has 2 nitrogen and oxygen atoms in total. The quantitative estimate of drug-likeness (QED) is 0.766. The third kappa shape index (κ3) is 1.84. The third-order valence-corrected chi connectivity index (χ3v) is 8.35. The van der Waals surface area contributed by atoms with Crippen molar-refractivity contribution in [3.05, 3.63) is 11.8 Å². The summed E-state index contributed by atoms with van der Waals surface area (Å²) in [5.74, 6) is 3.69. The Morgan fingerprint density at radius 1 is 1.32 bits per heavy atom. The molecule has 3 saturated carbocycles. The van der Waals surface area contributed by atoms with E-state index in [-0.39, 0.29) is 17.4 Å². The van der Waals surface area contributed by atoms with Crippen LogP contribution in [0.25, 0.3) is 0 Å². The molecule has 3 heteroatoms. The van der Waals surface area contributed by atoms with Crippen LogP contribution < -0.4 is 0 Å². The second-order valence-electron chi connectivity index (χ2n) is 8.49. The number of ether oxygens (including phenoxy) is 1. The van der Waals surface area contributed by atoms with Crippen molar-refractivity contribution in [2.45, 2.75) is 58.5 Å². The van der Waals surface area contributed by atoms with Crippen LogP contribution >= 0.6 is 11.8 Å². The maximum atomic E-state index is 12.6. The van der Waals surface area contributed by atoms with Gasteiger partial charge in [-0.2, -0.15) is 11.8 Å². The van der Waals surface area contributed by atoms with Gasteiger partial charge in [0.05, 0.1) is 0 Å². The normalized spacial score (nSPS) is 45.2. The van der Waals surface area contributed by atoms with E-state index in [0.29, 0.717) is 17.1 Å². The SMILES string of the molecule is CSC[C@]12CC[C@H](C[C@H]1OC1=CC3CCCC3C1=O)C2(C)C. The number of Topliss-reactive ketones (excluding diaryl/α,β-unsaturated/α-hetero) is 1. The second kappa shape index (κ2) is 5.03. The molecule has 0 aromatic rings. The maximum absolute atomic E-state index is 12.6. The molecule has 0 aliphatic heterocycles. The summed E-state index contributed by atoms with van der Waals surface area (Å²) in [6, 6.07) is 0. The molecule has 0 aromatic heterocycles. The first-order valence-corrected chi connectivity index (χ1v) is 10.3. The number of carbonyl (C=O) groups excluding carboxylic acids is 1. The zero-order chi connectivity index (χ0) is 15.5. The fourth-order valence-electron chi connectivity index (χ4n) is 5.99. The summed E-state index contributed by atoms with van der Waals surface area (Å²) in [5.41, 5.74) is 0.606. The summed E-state index contributed by atoms with van der Waals surface area (Å²) >= 11 is 1.95. The van der Waals surface area contributed by atoms with E-state index in [2.05, 4.69) is 26.2 Å². The Morgan fingerprint density at radius 3 is 2.82 bits per heavy atom. The standard InChI is InChI=1S/C19H28O2S/c1-18(2)13-7-8-19(18,11-22-3)16(10-13)21-15-9-12-5-4-6-14(12)17(15)20/h9,12-14,16H,4-8,10-11H2,1-3H3/t12?,13-,14?,16-,19-/m1/s1. The fraction of sp³-hybridized carbons (Fsp3) is 0.842. The first-order valence-electron chi connectivity index (χ1n) is 8.91. The molecular weight excluding hydrogens is 292 g/mol. The molecule has 4 rings (SSSR count). The predicted octanol–water partition coefficient (Wildman–Crippen LogP) is 4.44. The summed E-state index contributed by atoms with van der Waals surface area (Å²) in [7, 11) is 0. The molecule has 0 N–H and O–H groups in total. The molecular formula is C19H28O2S. The predicted molar refractivity (Wildman–Crippen MR) is 90.7 cm³/mol. The lowest BCUT2D eigenvalue weighted by Crippen LogP contribution is -2.42. The van der Waals surface area contributed by atoms with Crippen LogP contribution in [0.2, 0.25) is 0 Å². The number of fused-ring (bicyclic) bond motifs is 3. The summed E-state index contributed by atoms with van der Waals surface area (Å²) in [6.45, 7) is 4.87. The first kappa shape index (κ1) is 15.1. The molecule has 2 bridgehead atoms. The van der Waals surface area contributed by atoms with Crippen LogP contribution in [-0.4, -0.2) is 23.9 Å². The van der Waals surface area contributed by atoms with Gasteiger partial charge in [0.25, 0.3) is 0 Å². The highest BCUT2D eigenvalue weighted by Gasteiger charge is 2.65. The number of hydrogen-bond donors (Lipinski definition) is 0. The highest BCUT2D eigenvalue weighted by molar-refractivity contribution is 7.98. The largest absolute Gasteiger partial charge is 0.486 e. The van der Waals surface area contributed by atoms with Gasteiger partial charge >= 0.3 is 0 Å². The average Bonchev–Trinajstić information content (AvgIpc) is 3.15. The molecule has 22 heavy (non-hydrogen) atoms. The number of rotatable bonds is 4. The minimum absolute atomic E-state index is 0.248. The van der Waals surface area contributed by atoms with Gasteiger partial charge in [-0.25, -0.2) is 0 Å². The van der Waals surface area contributed by atoms with Crippen molar-refractivity contribution in [2.75, 3.05) is 12.0 Å². The number of ketones is 1. The van der Waals surface area contributed by atoms with E-state index in [0.717, 1.165) is 30.3 Å². The fourth-order valence-corrected chi connectivity index (χ4v) is 7.20. The third-order valence-electron chi connectivity index (χ3n) is 7.54. The molecule has 0 saturated heterocycles. The van der Waals surface area contributed by atoms with E-state index in [4.69, 9.17) is 4.74 Å². The number of thioether (sulfide) groups is 1. The minimum atomic E-state index is 0.248. The van der Waals surface area contributed by atoms with E-state index < -0.39 is 0 Å². The van der Waals surface area contributed by atoms with Gasteiger partial charge in [0, 0.05) is 17.1 Å². The van der Waals surface area contributed by atoms with E-state index in [9.17, 15) is 4.79 Å². The van der Waals surface area contributed by atoms with E-state index in [1.54, 1.807) is 0 Å². The van der Waals surface area contributed by atoms with Gasteiger partial charge in [-0.3, -0.25) is 4.79 Å². The monoisotopic (exact) mass is 320 g/mol. The van der Waals surface area contributed by atoms with Gasteiger partial charge < -0.3 is 4.74 Å². The van der Waals surface area contributed by atoms with Crippen LogP contribution in [-0.2, 0) is 9.53 Å². The van der Waals surface area contributed by atoms with Crippen molar-refractivity contribution in [3.63, 3.8) is 0 Å². The van der Waals surface area contributed by atoms with Crippen LogP contribution in [0.1, 0.15) is 52.4 Å². The van der Waals surface area contributed by atoms with Crippen molar-refractivity contribution in [2.24, 2.45) is 28.6 Å². The molecule has 4 aliphatic rings. The van der Waals surface area contributed by atoms with Crippen LogP contribution in [0.4, 0.5) is 0 Å². The van der Waals surface area contributed by atoms with Crippen LogP contribution in [0.15, 0.2) is 11.8 Å². The smallest absolute Gasteiger partial charge is 0.200 e. The molecule has 5 atom stereocenters.